The third kappa shape index (κ3) is 2.33. The summed E-state index contributed by atoms with van der Waals surface area (Å²) in [6, 6.07) is 9.52. The first-order valence-corrected chi connectivity index (χ1v) is 4.70. The van der Waals surface area contributed by atoms with Gasteiger partial charge >= 0.3 is 0 Å². The Balaban J connectivity index is 2.11. The average Bonchev–Trinajstić information content (AvgIpc) is 2.74. The average molecular weight is 214 g/mol. The predicted octanol–water partition coefficient (Wildman–Crippen LogP) is 1.21. The minimum absolute atomic E-state index is 0.0847. The van der Waals surface area contributed by atoms with Crippen LogP contribution in [-0.4, -0.2) is 20.7 Å². The highest BCUT2D eigenvalue weighted by molar-refractivity contribution is 5.92. The highest BCUT2D eigenvalue weighted by Gasteiger charge is 2.01. The molecule has 2 aromatic rings. The van der Waals surface area contributed by atoms with Crippen LogP contribution in [-0.2, 0) is 0 Å². The Kier molecular flexibility index (Phi) is 2.77. The normalized spacial score (nSPS) is 10.8. The molecule has 5 nitrogen and oxygen atoms in total. The maximum absolute atomic E-state index is 11.5. The summed E-state index contributed by atoms with van der Waals surface area (Å²) in [5.74, 6) is -0.200. The molecule has 0 aliphatic rings. The van der Waals surface area contributed by atoms with Crippen molar-refractivity contribution in [2.24, 2.45) is 0 Å². The van der Waals surface area contributed by atoms with Crippen LogP contribution in [0.25, 0.3) is 6.08 Å². The molecule has 1 aromatic carbocycles. The first-order valence-electron chi connectivity index (χ1n) is 4.70. The minimum Gasteiger partial charge on any atom is -0.366 e. The number of carbonyl (C=O) groups is 1. The van der Waals surface area contributed by atoms with Gasteiger partial charge in [-0.2, -0.15) is 4.68 Å². The molecule has 0 saturated heterocycles. The number of aromatic nitrogens is 3. The minimum atomic E-state index is -0.284. The van der Waals surface area contributed by atoms with Crippen LogP contribution >= 0.6 is 0 Å². The lowest BCUT2D eigenvalue weighted by molar-refractivity contribution is 0.0955. The first-order chi connectivity index (χ1) is 7.75. The molecule has 16 heavy (non-hydrogen) atoms. The van der Waals surface area contributed by atoms with E-state index >= 15 is 0 Å². The van der Waals surface area contributed by atoms with E-state index < -0.39 is 0 Å². The van der Waals surface area contributed by atoms with Gasteiger partial charge in [0.05, 0.1) is 0 Å². The van der Waals surface area contributed by atoms with Crippen molar-refractivity contribution < 1.29 is 4.79 Å². The van der Waals surface area contributed by atoms with Gasteiger partial charge in [-0.1, -0.05) is 30.3 Å². The molecule has 0 aliphatic carbocycles. The Morgan fingerprint density at radius 3 is 2.69 bits per heavy atom. The summed E-state index contributed by atoms with van der Waals surface area (Å²) in [7, 11) is 0. The summed E-state index contributed by atoms with van der Waals surface area (Å²) < 4.78 is 1.09. The van der Waals surface area contributed by atoms with E-state index in [9.17, 15) is 4.79 Å². The Hall–Kier alpha value is -2.43. The van der Waals surface area contributed by atoms with E-state index in [1.54, 1.807) is 6.08 Å². The van der Waals surface area contributed by atoms with Gasteiger partial charge in [-0.15, -0.1) is 5.10 Å². The molecule has 0 amide bonds. The maximum Gasteiger partial charge on any atom is 0.272 e. The summed E-state index contributed by atoms with van der Waals surface area (Å²) in [6.07, 6.45) is 4.41. The second-order valence-corrected chi connectivity index (χ2v) is 3.13. The zero-order valence-corrected chi connectivity index (χ0v) is 8.45. The lowest BCUT2D eigenvalue weighted by atomic mass is 10.2. The number of nitrogen functional groups attached to an aromatic ring is 1. The number of hydrogen-bond acceptors (Lipinski definition) is 4. The smallest absolute Gasteiger partial charge is 0.272 e. The van der Waals surface area contributed by atoms with Gasteiger partial charge in [0.25, 0.3) is 5.91 Å². The largest absolute Gasteiger partial charge is 0.366 e. The molecular weight excluding hydrogens is 204 g/mol. The third-order valence-electron chi connectivity index (χ3n) is 1.95. The molecule has 0 atom stereocenters. The summed E-state index contributed by atoms with van der Waals surface area (Å²) in [5, 5.41) is 3.71. The second-order valence-electron chi connectivity index (χ2n) is 3.13. The van der Waals surface area contributed by atoms with Gasteiger partial charge in [-0.25, -0.2) is 4.98 Å². The molecule has 0 spiro atoms. The Labute approximate surface area is 92.2 Å². The monoisotopic (exact) mass is 214 g/mol. The topological polar surface area (TPSA) is 73.8 Å². The number of nitrogens with two attached hydrogens (primary N) is 1. The SMILES string of the molecule is Nc1ncn(C(=O)C=Cc2ccccc2)n1. The fraction of sp³-hybridized carbons (Fsp3) is 0. The van der Waals surface area contributed by atoms with E-state index in [1.807, 2.05) is 30.3 Å². The van der Waals surface area contributed by atoms with Gasteiger partial charge in [0.15, 0.2) is 0 Å². The molecular formula is C11H10N4O. The lowest BCUT2D eigenvalue weighted by Gasteiger charge is -1.92. The lowest BCUT2D eigenvalue weighted by Crippen LogP contribution is -2.07. The fourth-order valence-electron chi connectivity index (χ4n) is 1.19. The Morgan fingerprint density at radius 1 is 1.31 bits per heavy atom. The van der Waals surface area contributed by atoms with E-state index in [2.05, 4.69) is 10.1 Å². The Morgan fingerprint density at radius 2 is 2.06 bits per heavy atom. The summed E-state index contributed by atoms with van der Waals surface area (Å²) in [6.45, 7) is 0. The third-order valence-corrected chi connectivity index (χ3v) is 1.95. The van der Waals surface area contributed by atoms with E-state index in [1.165, 1.54) is 12.4 Å². The summed E-state index contributed by atoms with van der Waals surface area (Å²) in [5.41, 5.74) is 6.25. The van der Waals surface area contributed by atoms with Crippen LogP contribution in [0.15, 0.2) is 42.7 Å². The number of hydrogen-bond donors (Lipinski definition) is 1. The van der Waals surface area contributed by atoms with Crippen molar-refractivity contribution in [3.05, 3.63) is 48.3 Å². The van der Waals surface area contributed by atoms with Crippen molar-refractivity contribution in [2.45, 2.75) is 0 Å². The van der Waals surface area contributed by atoms with E-state index in [0.29, 0.717) is 0 Å². The van der Waals surface area contributed by atoms with Crippen molar-refractivity contribution in [3.8, 4) is 0 Å². The molecule has 0 saturated carbocycles. The van der Waals surface area contributed by atoms with Crippen LogP contribution in [0.3, 0.4) is 0 Å². The van der Waals surface area contributed by atoms with Crippen molar-refractivity contribution in [1.82, 2.24) is 14.8 Å². The molecule has 80 valence electrons. The molecule has 0 unspecified atom stereocenters. The van der Waals surface area contributed by atoms with Crippen molar-refractivity contribution in [3.63, 3.8) is 0 Å². The molecule has 1 heterocycles. The zero-order valence-electron chi connectivity index (χ0n) is 8.45. The van der Waals surface area contributed by atoms with Crippen LogP contribution in [0, 0.1) is 0 Å². The quantitative estimate of drug-likeness (QED) is 0.762. The summed E-state index contributed by atoms with van der Waals surface area (Å²) >= 11 is 0. The first kappa shape index (κ1) is 10.1. The molecule has 0 radical (unpaired) electrons. The van der Waals surface area contributed by atoms with Crippen LogP contribution in [0.4, 0.5) is 5.95 Å². The maximum atomic E-state index is 11.5. The van der Waals surface area contributed by atoms with Gasteiger partial charge in [0.1, 0.15) is 6.33 Å². The molecule has 0 aliphatic heterocycles. The number of rotatable bonds is 2. The van der Waals surface area contributed by atoms with Crippen LogP contribution in [0.2, 0.25) is 0 Å². The molecule has 2 rings (SSSR count). The highest BCUT2D eigenvalue weighted by atomic mass is 16.2. The van der Waals surface area contributed by atoms with Gasteiger partial charge in [-0.3, -0.25) is 4.79 Å². The number of nitrogens with zero attached hydrogens (tertiary/aromatic N) is 3. The fourth-order valence-corrected chi connectivity index (χ4v) is 1.19. The van der Waals surface area contributed by atoms with Crippen LogP contribution < -0.4 is 5.73 Å². The van der Waals surface area contributed by atoms with Gasteiger partial charge in [-0.05, 0) is 11.6 Å². The van der Waals surface area contributed by atoms with Crippen molar-refractivity contribution in [1.29, 1.82) is 0 Å². The van der Waals surface area contributed by atoms with E-state index in [4.69, 9.17) is 5.73 Å². The number of carbonyl (C=O) groups excluding carboxylic acids is 1. The summed E-state index contributed by atoms with van der Waals surface area (Å²) in [4.78, 5) is 15.2. The van der Waals surface area contributed by atoms with Crippen molar-refractivity contribution in [2.75, 3.05) is 5.73 Å². The van der Waals surface area contributed by atoms with Crippen molar-refractivity contribution >= 4 is 17.9 Å². The molecule has 2 N–H and O–H groups in total. The number of benzene rings is 1. The van der Waals surface area contributed by atoms with E-state index in [-0.39, 0.29) is 11.9 Å². The van der Waals surface area contributed by atoms with E-state index in [0.717, 1.165) is 10.2 Å². The van der Waals surface area contributed by atoms with Gasteiger partial charge < -0.3 is 5.73 Å². The van der Waals surface area contributed by atoms with Crippen LogP contribution in [0.5, 0.6) is 0 Å². The molecule has 5 heteroatoms. The van der Waals surface area contributed by atoms with Crippen LogP contribution in [0.1, 0.15) is 10.4 Å². The molecule has 0 fully saturated rings. The zero-order chi connectivity index (χ0) is 11.4. The second kappa shape index (κ2) is 4.39. The number of anilines is 1. The number of allylic oxidation sites excluding steroid dienone is 1. The standard InChI is InChI=1S/C11H10N4O/c12-11-13-8-15(14-11)10(16)7-6-9-4-2-1-3-5-9/h1-8H,(H2,12,14). The Bertz CT molecular complexity index is 516. The molecule has 0 bridgehead atoms. The molecule has 1 aromatic heterocycles. The highest BCUT2D eigenvalue weighted by Crippen LogP contribution is 2.01. The van der Waals surface area contributed by atoms with Gasteiger partial charge in [0, 0.05) is 6.08 Å². The van der Waals surface area contributed by atoms with Gasteiger partial charge in [0.2, 0.25) is 5.95 Å². The predicted molar refractivity (Wildman–Crippen MR) is 60.5 cm³/mol.